The number of hydrogen-bond acceptors (Lipinski definition) is 4. The van der Waals surface area contributed by atoms with E-state index in [1.54, 1.807) is 4.90 Å². The summed E-state index contributed by atoms with van der Waals surface area (Å²) in [5.74, 6) is 0.199. The van der Waals surface area contributed by atoms with Crippen LogP contribution in [0.25, 0.3) is 0 Å². The molecule has 3 heterocycles. The van der Waals surface area contributed by atoms with Gasteiger partial charge < -0.3 is 19.4 Å². The van der Waals surface area contributed by atoms with Gasteiger partial charge in [0.05, 0.1) is 13.2 Å². The lowest BCUT2D eigenvalue weighted by Crippen LogP contribution is -2.51. The summed E-state index contributed by atoms with van der Waals surface area (Å²) in [7, 11) is 0. The number of carbonyl (C=O) groups excluding carboxylic acids is 3. The molecule has 0 spiro atoms. The van der Waals surface area contributed by atoms with Crippen LogP contribution in [0.15, 0.2) is 30.3 Å². The SMILES string of the molecule is O=C(C1CCN(C(=O)C(c2ccccc2)N2CCCCC2=O)CC1)N1CCOCC1. The predicted octanol–water partition coefficient (Wildman–Crippen LogP) is 1.84. The number of hydrogen-bond donors (Lipinski definition) is 0. The van der Waals surface area contributed by atoms with E-state index in [9.17, 15) is 14.4 Å². The fourth-order valence-electron chi connectivity index (χ4n) is 4.75. The van der Waals surface area contributed by atoms with Crippen molar-refractivity contribution in [1.29, 1.82) is 0 Å². The van der Waals surface area contributed by atoms with Crippen LogP contribution in [0.5, 0.6) is 0 Å². The largest absolute Gasteiger partial charge is 0.378 e. The van der Waals surface area contributed by atoms with E-state index in [2.05, 4.69) is 0 Å². The minimum atomic E-state index is -0.564. The Kier molecular flexibility index (Phi) is 6.67. The van der Waals surface area contributed by atoms with Gasteiger partial charge in [-0.05, 0) is 31.2 Å². The standard InChI is InChI=1S/C23H31N3O4/c27-20-8-4-5-11-26(20)21(18-6-2-1-3-7-18)23(29)24-12-9-19(10-13-24)22(28)25-14-16-30-17-15-25/h1-3,6-7,19,21H,4-5,8-17H2. The maximum absolute atomic E-state index is 13.5. The zero-order valence-corrected chi connectivity index (χ0v) is 17.5. The first-order valence-electron chi connectivity index (χ1n) is 11.1. The third-order valence-corrected chi connectivity index (χ3v) is 6.50. The van der Waals surface area contributed by atoms with Crippen molar-refractivity contribution >= 4 is 17.7 Å². The summed E-state index contributed by atoms with van der Waals surface area (Å²) in [6, 6.07) is 9.05. The summed E-state index contributed by atoms with van der Waals surface area (Å²) >= 11 is 0. The van der Waals surface area contributed by atoms with Crippen molar-refractivity contribution in [2.45, 2.75) is 38.1 Å². The topological polar surface area (TPSA) is 70.2 Å². The highest BCUT2D eigenvalue weighted by Crippen LogP contribution is 2.30. The monoisotopic (exact) mass is 413 g/mol. The van der Waals surface area contributed by atoms with Crippen molar-refractivity contribution in [3.63, 3.8) is 0 Å². The number of carbonyl (C=O) groups is 3. The molecule has 0 bridgehead atoms. The van der Waals surface area contributed by atoms with E-state index >= 15 is 0 Å². The minimum absolute atomic E-state index is 0.0197. The number of amides is 3. The maximum atomic E-state index is 13.5. The number of likely N-dealkylation sites (tertiary alicyclic amines) is 2. The predicted molar refractivity (Wildman–Crippen MR) is 111 cm³/mol. The molecule has 7 heteroatoms. The van der Waals surface area contributed by atoms with Crippen LogP contribution < -0.4 is 0 Å². The number of morpholine rings is 1. The third-order valence-electron chi connectivity index (χ3n) is 6.50. The molecule has 3 aliphatic heterocycles. The summed E-state index contributed by atoms with van der Waals surface area (Å²) < 4.78 is 5.34. The molecule has 3 saturated heterocycles. The first kappa shape index (κ1) is 20.8. The minimum Gasteiger partial charge on any atom is -0.378 e. The van der Waals surface area contributed by atoms with Gasteiger partial charge in [-0.3, -0.25) is 14.4 Å². The van der Waals surface area contributed by atoms with E-state index < -0.39 is 6.04 Å². The molecule has 162 valence electrons. The van der Waals surface area contributed by atoms with Crippen LogP contribution in [0.4, 0.5) is 0 Å². The van der Waals surface area contributed by atoms with Gasteiger partial charge in [-0.1, -0.05) is 30.3 Å². The molecule has 3 fully saturated rings. The van der Waals surface area contributed by atoms with Gasteiger partial charge in [0.2, 0.25) is 17.7 Å². The fourth-order valence-corrected chi connectivity index (χ4v) is 4.75. The van der Waals surface area contributed by atoms with Gasteiger partial charge in [0.15, 0.2) is 0 Å². The molecule has 4 rings (SSSR count). The van der Waals surface area contributed by atoms with Gasteiger partial charge in [-0.15, -0.1) is 0 Å². The van der Waals surface area contributed by atoms with Gasteiger partial charge in [0.1, 0.15) is 6.04 Å². The molecule has 0 N–H and O–H groups in total. The first-order valence-corrected chi connectivity index (χ1v) is 11.1. The normalized spacial score (nSPS) is 22.1. The molecule has 1 aromatic rings. The van der Waals surface area contributed by atoms with Crippen molar-refractivity contribution in [1.82, 2.24) is 14.7 Å². The van der Waals surface area contributed by atoms with Gasteiger partial charge in [-0.25, -0.2) is 0 Å². The molecule has 1 aromatic carbocycles. The third kappa shape index (κ3) is 4.51. The molecule has 30 heavy (non-hydrogen) atoms. The van der Waals surface area contributed by atoms with Crippen LogP contribution in [0.3, 0.4) is 0 Å². The molecule has 1 atom stereocenters. The Hall–Kier alpha value is -2.41. The highest BCUT2D eigenvalue weighted by Gasteiger charge is 2.38. The molecule has 7 nitrogen and oxygen atoms in total. The second-order valence-corrected chi connectivity index (χ2v) is 8.39. The van der Waals surface area contributed by atoms with Crippen molar-refractivity contribution in [2.75, 3.05) is 45.9 Å². The van der Waals surface area contributed by atoms with Crippen LogP contribution >= 0.6 is 0 Å². The first-order chi connectivity index (χ1) is 14.6. The number of piperidine rings is 2. The molecular formula is C23H31N3O4. The van der Waals surface area contributed by atoms with Crippen molar-refractivity contribution < 1.29 is 19.1 Å². The van der Waals surface area contributed by atoms with E-state index in [0.717, 1.165) is 18.4 Å². The van der Waals surface area contributed by atoms with E-state index in [1.807, 2.05) is 40.1 Å². The van der Waals surface area contributed by atoms with Gasteiger partial charge >= 0.3 is 0 Å². The number of nitrogens with zero attached hydrogens (tertiary/aromatic N) is 3. The van der Waals surface area contributed by atoms with Crippen molar-refractivity contribution in [3.05, 3.63) is 35.9 Å². The molecule has 3 aliphatic rings. The Balaban J connectivity index is 1.43. The van der Waals surface area contributed by atoms with E-state index in [4.69, 9.17) is 4.74 Å². The highest BCUT2D eigenvalue weighted by molar-refractivity contribution is 5.89. The second-order valence-electron chi connectivity index (χ2n) is 8.39. The lowest BCUT2D eigenvalue weighted by atomic mass is 9.93. The van der Waals surface area contributed by atoms with Crippen molar-refractivity contribution in [2.24, 2.45) is 5.92 Å². The number of rotatable bonds is 4. The lowest BCUT2D eigenvalue weighted by molar-refractivity contribution is -0.150. The Bertz CT molecular complexity index is 755. The Morgan fingerprint density at radius 1 is 0.900 bits per heavy atom. The summed E-state index contributed by atoms with van der Waals surface area (Å²) in [5, 5.41) is 0. The number of ether oxygens (including phenoxy) is 1. The molecular weight excluding hydrogens is 382 g/mol. The zero-order valence-electron chi connectivity index (χ0n) is 17.5. The van der Waals surface area contributed by atoms with E-state index in [0.29, 0.717) is 65.2 Å². The molecule has 0 aliphatic carbocycles. The molecule has 0 radical (unpaired) electrons. The van der Waals surface area contributed by atoms with Gasteiger partial charge in [-0.2, -0.15) is 0 Å². The summed E-state index contributed by atoms with van der Waals surface area (Å²) in [6.45, 7) is 4.26. The Labute approximate surface area is 177 Å². The fraction of sp³-hybridized carbons (Fsp3) is 0.609. The van der Waals surface area contributed by atoms with Crippen LogP contribution in [-0.4, -0.2) is 78.4 Å². The summed E-state index contributed by atoms with van der Waals surface area (Å²) in [5.41, 5.74) is 0.865. The quantitative estimate of drug-likeness (QED) is 0.755. The molecule has 1 unspecified atom stereocenters. The van der Waals surface area contributed by atoms with Crippen LogP contribution in [0.1, 0.15) is 43.7 Å². The van der Waals surface area contributed by atoms with E-state index in [-0.39, 0.29) is 23.6 Å². The van der Waals surface area contributed by atoms with Crippen LogP contribution in [-0.2, 0) is 19.1 Å². The van der Waals surface area contributed by atoms with Gasteiger partial charge in [0, 0.05) is 45.1 Å². The van der Waals surface area contributed by atoms with Crippen LogP contribution in [0, 0.1) is 5.92 Å². The zero-order chi connectivity index (χ0) is 20.9. The molecule has 0 saturated carbocycles. The van der Waals surface area contributed by atoms with Crippen LogP contribution in [0.2, 0.25) is 0 Å². The summed E-state index contributed by atoms with van der Waals surface area (Å²) in [4.78, 5) is 44.4. The Morgan fingerprint density at radius 3 is 2.27 bits per heavy atom. The smallest absolute Gasteiger partial charge is 0.250 e. The second kappa shape index (κ2) is 9.60. The number of benzene rings is 1. The molecule has 3 amide bonds. The average molecular weight is 414 g/mol. The highest BCUT2D eigenvalue weighted by atomic mass is 16.5. The van der Waals surface area contributed by atoms with E-state index in [1.165, 1.54) is 0 Å². The Morgan fingerprint density at radius 2 is 1.60 bits per heavy atom. The van der Waals surface area contributed by atoms with Gasteiger partial charge in [0.25, 0.3) is 0 Å². The lowest BCUT2D eigenvalue weighted by Gasteiger charge is -2.40. The van der Waals surface area contributed by atoms with Crippen molar-refractivity contribution in [3.8, 4) is 0 Å². The average Bonchev–Trinajstić information content (AvgIpc) is 2.81. The molecule has 0 aromatic heterocycles. The maximum Gasteiger partial charge on any atom is 0.250 e. The summed E-state index contributed by atoms with van der Waals surface area (Å²) in [6.07, 6.45) is 3.68.